The highest BCUT2D eigenvalue weighted by Crippen LogP contribution is 2.24. The largest absolute Gasteiger partial charge is 0.481 e. The topological polar surface area (TPSA) is 57.6 Å². The molecule has 1 unspecified atom stereocenters. The third-order valence-electron chi connectivity index (χ3n) is 3.32. The number of halogens is 1. The Morgan fingerprint density at radius 2 is 2.26 bits per heavy atom. The van der Waals surface area contributed by atoms with Crippen LogP contribution in [0.4, 0.5) is 0 Å². The van der Waals surface area contributed by atoms with Gasteiger partial charge in [-0.2, -0.15) is 0 Å². The van der Waals surface area contributed by atoms with Crippen LogP contribution in [0, 0.1) is 0 Å². The highest BCUT2D eigenvalue weighted by Gasteiger charge is 2.29. The van der Waals surface area contributed by atoms with E-state index in [-0.39, 0.29) is 18.4 Å². The molecule has 0 saturated carbocycles. The molecule has 0 aromatic carbocycles. The van der Waals surface area contributed by atoms with Crippen molar-refractivity contribution in [2.75, 3.05) is 6.54 Å². The first-order chi connectivity index (χ1) is 9.06. The van der Waals surface area contributed by atoms with Crippen LogP contribution in [0.25, 0.3) is 0 Å². The fourth-order valence-electron chi connectivity index (χ4n) is 2.44. The normalized spacial score (nSPS) is 18.8. The minimum absolute atomic E-state index is 0.0493. The second kappa shape index (κ2) is 6.39. The van der Waals surface area contributed by atoms with E-state index < -0.39 is 5.97 Å². The molecule has 1 aliphatic heterocycles. The molecule has 1 fully saturated rings. The number of aliphatic carboxylic acids is 1. The molecule has 1 aromatic heterocycles. The number of nitrogens with zero attached hydrogens (tertiary/aromatic N) is 1. The number of likely N-dealkylation sites (tertiary alicyclic amines) is 1. The van der Waals surface area contributed by atoms with Gasteiger partial charge in [0.25, 0.3) is 0 Å². The Labute approximate surface area is 121 Å². The number of carbonyl (C=O) groups excluding carboxylic acids is 1. The molecule has 1 amide bonds. The second-order valence-corrected chi connectivity index (χ2v) is 6.49. The summed E-state index contributed by atoms with van der Waals surface area (Å²) < 4.78 is 0.729. The molecular formula is C13H16ClNO3S. The maximum atomic E-state index is 12.1. The summed E-state index contributed by atoms with van der Waals surface area (Å²) in [7, 11) is 0. The molecule has 0 radical (unpaired) electrons. The summed E-state index contributed by atoms with van der Waals surface area (Å²) in [6, 6.07) is 3.63. The molecule has 2 rings (SSSR count). The van der Waals surface area contributed by atoms with Crippen molar-refractivity contribution in [1.82, 2.24) is 4.90 Å². The van der Waals surface area contributed by atoms with Crippen molar-refractivity contribution in [3.63, 3.8) is 0 Å². The average molecular weight is 302 g/mol. The summed E-state index contributed by atoms with van der Waals surface area (Å²) in [6.45, 7) is 0.683. The molecule has 1 atom stereocenters. The highest BCUT2D eigenvalue weighted by molar-refractivity contribution is 7.16. The van der Waals surface area contributed by atoms with Crippen LogP contribution in [-0.4, -0.2) is 34.5 Å². The van der Waals surface area contributed by atoms with Crippen LogP contribution in [0.15, 0.2) is 12.1 Å². The van der Waals surface area contributed by atoms with Gasteiger partial charge in [-0.05, 0) is 31.4 Å². The quantitative estimate of drug-likeness (QED) is 0.910. The lowest BCUT2D eigenvalue weighted by atomic mass is 10.1. The number of rotatable bonds is 5. The zero-order valence-electron chi connectivity index (χ0n) is 10.5. The minimum Gasteiger partial charge on any atom is -0.481 e. The van der Waals surface area contributed by atoms with Crippen molar-refractivity contribution < 1.29 is 14.7 Å². The predicted molar refractivity (Wildman–Crippen MR) is 74.6 cm³/mol. The maximum Gasteiger partial charge on any atom is 0.305 e. The first-order valence-electron chi connectivity index (χ1n) is 6.31. The molecule has 2 heterocycles. The third kappa shape index (κ3) is 3.94. The SMILES string of the molecule is O=C(O)CC1CCCN1C(=O)CCc1ccc(Cl)s1. The number of aryl methyl sites for hydroxylation is 1. The zero-order chi connectivity index (χ0) is 13.8. The first kappa shape index (κ1) is 14.3. The van der Waals surface area contributed by atoms with Gasteiger partial charge in [0.2, 0.25) is 5.91 Å². The van der Waals surface area contributed by atoms with Gasteiger partial charge in [-0.15, -0.1) is 11.3 Å². The predicted octanol–water partition coefficient (Wildman–Crippen LogP) is 2.80. The third-order valence-corrected chi connectivity index (χ3v) is 4.61. The van der Waals surface area contributed by atoms with Crippen molar-refractivity contribution in [1.29, 1.82) is 0 Å². The Morgan fingerprint density at radius 3 is 2.89 bits per heavy atom. The Bertz CT molecular complexity index is 474. The lowest BCUT2D eigenvalue weighted by Crippen LogP contribution is -2.36. The van der Waals surface area contributed by atoms with Crippen molar-refractivity contribution in [3.05, 3.63) is 21.3 Å². The number of hydrogen-bond acceptors (Lipinski definition) is 3. The Balaban J connectivity index is 1.86. The van der Waals surface area contributed by atoms with E-state index in [4.69, 9.17) is 16.7 Å². The van der Waals surface area contributed by atoms with Gasteiger partial charge < -0.3 is 10.0 Å². The molecule has 1 saturated heterocycles. The number of carbonyl (C=O) groups is 2. The van der Waals surface area contributed by atoms with Gasteiger partial charge in [-0.1, -0.05) is 11.6 Å². The Hall–Kier alpha value is -1.07. The van der Waals surface area contributed by atoms with Gasteiger partial charge in [0, 0.05) is 23.9 Å². The van der Waals surface area contributed by atoms with E-state index in [2.05, 4.69) is 0 Å². The molecule has 0 aliphatic carbocycles. The van der Waals surface area contributed by atoms with Gasteiger partial charge in [0.15, 0.2) is 0 Å². The molecular weight excluding hydrogens is 286 g/mol. The van der Waals surface area contributed by atoms with E-state index in [1.807, 2.05) is 12.1 Å². The fraction of sp³-hybridized carbons (Fsp3) is 0.538. The molecule has 1 N–H and O–H groups in total. The van der Waals surface area contributed by atoms with Crippen molar-refractivity contribution in [3.8, 4) is 0 Å². The molecule has 1 aromatic rings. The van der Waals surface area contributed by atoms with E-state index >= 15 is 0 Å². The van der Waals surface area contributed by atoms with Crippen LogP contribution in [0.2, 0.25) is 4.34 Å². The maximum absolute atomic E-state index is 12.1. The summed E-state index contributed by atoms with van der Waals surface area (Å²) in [5.41, 5.74) is 0. The average Bonchev–Trinajstić information content (AvgIpc) is 2.94. The van der Waals surface area contributed by atoms with Crippen LogP contribution in [0.3, 0.4) is 0 Å². The van der Waals surface area contributed by atoms with Gasteiger partial charge in [-0.3, -0.25) is 9.59 Å². The van der Waals surface area contributed by atoms with Crippen molar-refractivity contribution >= 4 is 34.8 Å². The Kier molecular flexibility index (Phi) is 4.82. The zero-order valence-corrected chi connectivity index (χ0v) is 12.0. The summed E-state index contributed by atoms with van der Waals surface area (Å²) in [5.74, 6) is -0.789. The summed E-state index contributed by atoms with van der Waals surface area (Å²) in [4.78, 5) is 25.7. The smallest absolute Gasteiger partial charge is 0.305 e. The lowest BCUT2D eigenvalue weighted by molar-refractivity contribution is -0.139. The molecule has 104 valence electrons. The van der Waals surface area contributed by atoms with Crippen molar-refractivity contribution in [2.45, 2.75) is 38.1 Å². The van der Waals surface area contributed by atoms with E-state index in [0.717, 1.165) is 22.1 Å². The first-order valence-corrected chi connectivity index (χ1v) is 7.51. The van der Waals surface area contributed by atoms with E-state index in [1.165, 1.54) is 11.3 Å². The number of amides is 1. The number of carboxylic acids is 1. The Morgan fingerprint density at radius 1 is 1.47 bits per heavy atom. The molecule has 0 bridgehead atoms. The van der Waals surface area contributed by atoms with Crippen molar-refractivity contribution in [2.24, 2.45) is 0 Å². The van der Waals surface area contributed by atoms with Crippen LogP contribution in [0.5, 0.6) is 0 Å². The van der Waals surface area contributed by atoms with Crippen LogP contribution < -0.4 is 0 Å². The van der Waals surface area contributed by atoms with Crippen LogP contribution >= 0.6 is 22.9 Å². The van der Waals surface area contributed by atoms with E-state index in [0.29, 0.717) is 19.4 Å². The van der Waals surface area contributed by atoms with Crippen LogP contribution in [0.1, 0.15) is 30.6 Å². The van der Waals surface area contributed by atoms with Gasteiger partial charge >= 0.3 is 5.97 Å². The second-order valence-electron chi connectivity index (χ2n) is 4.69. The minimum atomic E-state index is -0.838. The number of carboxylic acid groups (broad SMARTS) is 1. The highest BCUT2D eigenvalue weighted by atomic mass is 35.5. The molecule has 4 nitrogen and oxygen atoms in total. The lowest BCUT2D eigenvalue weighted by Gasteiger charge is -2.23. The van der Waals surface area contributed by atoms with Gasteiger partial charge in [0.1, 0.15) is 0 Å². The molecule has 0 spiro atoms. The van der Waals surface area contributed by atoms with E-state index in [1.54, 1.807) is 4.90 Å². The summed E-state index contributed by atoms with van der Waals surface area (Å²) in [6.07, 6.45) is 2.84. The molecule has 6 heteroatoms. The number of thiophene rings is 1. The molecule has 1 aliphatic rings. The van der Waals surface area contributed by atoms with Crippen LogP contribution in [-0.2, 0) is 16.0 Å². The van der Waals surface area contributed by atoms with E-state index in [9.17, 15) is 9.59 Å². The monoisotopic (exact) mass is 301 g/mol. The molecule has 19 heavy (non-hydrogen) atoms. The number of hydrogen-bond donors (Lipinski definition) is 1. The summed E-state index contributed by atoms with van der Waals surface area (Å²) >= 11 is 7.33. The summed E-state index contributed by atoms with van der Waals surface area (Å²) in [5, 5.41) is 8.83. The fourth-order valence-corrected chi connectivity index (χ4v) is 3.52. The van der Waals surface area contributed by atoms with Gasteiger partial charge in [-0.25, -0.2) is 0 Å². The standard InChI is InChI=1S/C13H16ClNO3S/c14-11-5-3-10(19-11)4-6-12(16)15-7-1-2-9(15)8-13(17)18/h3,5,9H,1-2,4,6-8H2,(H,17,18). The van der Waals surface area contributed by atoms with Gasteiger partial charge in [0.05, 0.1) is 10.8 Å².